The van der Waals surface area contributed by atoms with E-state index in [0.29, 0.717) is 0 Å². The molecular weight excluding hydrogens is 285 g/mol. The molecule has 1 aromatic carbocycles. The van der Waals surface area contributed by atoms with E-state index in [2.05, 4.69) is 27.5 Å². The van der Waals surface area contributed by atoms with Gasteiger partial charge in [-0.2, -0.15) is 0 Å². The summed E-state index contributed by atoms with van der Waals surface area (Å²) in [5.41, 5.74) is 2.16. The lowest BCUT2D eigenvalue weighted by Crippen LogP contribution is -2.45. The molecule has 0 bridgehead atoms. The molecule has 1 fully saturated rings. The maximum atomic E-state index is 13.5. The third-order valence-corrected chi connectivity index (χ3v) is 4.90. The zero-order valence-electron chi connectivity index (χ0n) is 12.2. The van der Waals surface area contributed by atoms with Crippen LogP contribution in [-0.4, -0.2) is 29.5 Å². The number of benzene rings is 1. The van der Waals surface area contributed by atoms with Gasteiger partial charge in [0.2, 0.25) is 0 Å². The smallest absolute Gasteiger partial charge is 0.123 e. The lowest BCUT2D eigenvalue weighted by Gasteiger charge is -2.36. The fourth-order valence-corrected chi connectivity index (χ4v) is 3.51. The van der Waals surface area contributed by atoms with Crippen LogP contribution in [0.1, 0.15) is 29.2 Å². The molecule has 1 unspecified atom stereocenters. The van der Waals surface area contributed by atoms with Crippen molar-refractivity contribution in [1.29, 1.82) is 0 Å². The molecule has 1 aliphatic heterocycles. The maximum absolute atomic E-state index is 13.5. The van der Waals surface area contributed by atoms with Gasteiger partial charge in [-0.15, -0.1) is 11.3 Å². The number of aryl methyl sites for hydroxylation is 1. The van der Waals surface area contributed by atoms with Crippen molar-refractivity contribution in [2.45, 2.75) is 25.9 Å². The Bertz CT molecular complexity index is 599. The molecule has 0 aliphatic carbocycles. The van der Waals surface area contributed by atoms with Crippen LogP contribution in [0.2, 0.25) is 0 Å². The Labute approximate surface area is 128 Å². The average Bonchev–Trinajstić information content (AvgIpc) is 2.95. The Balaban J connectivity index is 1.78. The van der Waals surface area contributed by atoms with E-state index < -0.39 is 0 Å². The van der Waals surface area contributed by atoms with E-state index in [1.807, 2.05) is 6.07 Å². The summed E-state index contributed by atoms with van der Waals surface area (Å²) in [6.45, 7) is 5.74. The summed E-state index contributed by atoms with van der Waals surface area (Å²) in [6, 6.07) is 7.14. The van der Waals surface area contributed by atoms with E-state index in [1.54, 1.807) is 23.5 Å². The average molecular weight is 305 g/mol. The highest BCUT2D eigenvalue weighted by atomic mass is 32.1. The van der Waals surface area contributed by atoms with E-state index in [9.17, 15) is 4.39 Å². The van der Waals surface area contributed by atoms with Gasteiger partial charge < -0.3 is 5.32 Å². The van der Waals surface area contributed by atoms with Crippen molar-refractivity contribution in [3.8, 4) is 0 Å². The molecule has 0 radical (unpaired) electrons. The summed E-state index contributed by atoms with van der Waals surface area (Å²) < 4.78 is 13.5. The Hall–Kier alpha value is -1.30. The van der Waals surface area contributed by atoms with Crippen molar-refractivity contribution in [1.82, 2.24) is 15.2 Å². The van der Waals surface area contributed by atoms with Crippen LogP contribution in [0.4, 0.5) is 4.39 Å². The number of thiazole rings is 1. The van der Waals surface area contributed by atoms with Crippen molar-refractivity contribution >= 4 is 11.3 Å². The second kappa shape index (κ2) is 6.64. The van der Waals surface area contributed by atoms with Crippen molar-refractivity contribution in [2.24, 2.45) is 0 Å². The Morgan fingerprint density at radius 1 is 1.48 bits per heavy atom. The van der Waals surface area contributed by atoms with Crippen LogP contribution < -0.4 is 5.32 Å². The molecule has 2 aromatic rings. The molecule has 1 aliphatic rings. The second-order valence-electron chi connectivity index (χ2n) is 5.33. The highest BCUT2D eigenvalue weighted by Crippen LogP contribution is 2.25. The molecule has 3 nitrogen and oxygen atoms in total. The van der Waals surface area contributed by atoms with Crippen molar-refractivity contribution < 1.29 is 4.39 Å². The summed E-state index contributed by atoms with van der Waals surface area (Å²) in [7, 11) is 0. The van der Waals surface area contributed by atoms with Gasteiger partial charge >= 0.3 is 0 Å². The maximum Gasteiger partial charge on any atom is 0.123 e. The van der Waals surface area contributed by atoms with Crippen molar-refractivity contribution in [3.63, 3.8) is 0 Å². The van der Waals surface area contributed by atoms with Gasteiger partial charge in [-0.25, -0.2) is 9.37 Å². The number of hydrogen-bond acceptors (Lipinski definition) is 4. The fraction of sp³-hybridized carbons (Fsp3) is 0.438. The predicted octanol–water partition coefficient (Wildman–Crippen LogP) is 2.99. The third kappa shape index (κ3) is 3.48. The molecule has 3 rings (SSSR count). The largest absolute Gasteiger partial charge is 0.314 e. The molecule has 112 valence electrons. The van der Waals surface area contributed by atoms with E-state index >= 15 is 0 Å². The number of nitrogens with one attached hydrogen (secondary N) is 1. The number of halogens is 1. The van der Waals surface area contributed by atoms with Crippen LogP contribution in [0.15, 0.2) is 29.6 Å². The minimum absolute atomic E-state index is 0.167. The molecule has 0 saturated carbocycles. The topological polar surface area (TPSA) is 28.2 Å². The van der Waals surface area contributed by atoms with Crippen LogP contribution >= 0.6 is 11.3 Å². The van der Waals surface area contributed by atoms with Gasteiger partial charge in [-0.1, -0.05) is 19.1 Å². The molecule has 1 N–H and O–H groups in total. The SMILES string of the molecule is CCc1nc(CN2CCNCC2c2cccc(F)c2)cs1. The minimum atomic E-state index is -0.167. The van der Waals surface area contributed by atoms with Gasteiger partial charge in [0, 0.05) is 37.6 Å². The predicted molar refractivity (Wildman–Crippen MR) is 83.9 cm³/mol. The fourth-order valence-electron chi connectivity index (χ4n) is 2.77. The van der Waals surface area contributed by atoms with Crippen molar-refractivity contribution in [2.75, 3.05) is 19.6 Å². The summed E-state index contributed by atoms with van der Waals surface area (Å²) in [6.07, 6.45) is 0.986. The van der Waals surface area contributed by atoms with Gasteiger partial charge in [0.1, 0.15) is 5.82 Å². The quantitative estimate of drug-likeness (QED) is 0.941. The second-order valence-corrected chi connectivity index (χ2v) is 6.27. The number of hydrogen-bond donors (Lipinski definition) is 1. The lowest BCUT2D eigenvalue weighted by molar-refractivity contribution is 0.152. The first-order valence-corrected chi connectivity index (χ1v) is 8.27. The Kier molecular flexibility index (Phi) is 4.63. The molecule has 0 spiro atoms. The summed E-state index contributed by atoms with van der Waals surface area (Å²) in [5.74, 6) is -0.167. The van der Waals surface area contributed by atoms with Crippen molar-refractivity contribution in [3.05, 3.63) is 51.7 Å². The van der Waals surface area contributed by atoms with E-state index in [-0.39, 0.29) is 11.9 Å². The highest BCUT2D eigenvalue weighted by Gasteiger charge is 2.24. The molecule has 0 amide bonds. The van der Waals surface area contributed by atoms with E-state index in [1.165, 1.54) is 11.1 Å². The number of aromatic nitrogens is 1. The van der Waals surface area contributed by atoms with Crippen LogP contribution in [0.25, 0.3) is 0 Å². The van der Waals surface area contributed by atoms with E-state index in [0.717, 1.165) is 43.9 Å². The number of piperazine rings is 1. The minimum Gasteiger partial charge on any atom is -0.314 e. The molecule has 1 aromatic heterocycles. The zero-order valence-corrected chi connectivity index (χ0v) is 13.0. The van der Waals surface area contributed by atoms with Gasteiger partial charge in [-0.05, 0) is 24.1 Å². The standard InChI is InChI=1S/C16H20FN3S/c1-2-16-19-14(11-21-16)10-20-7-6-18-9-15(20)12-4-3-5-13(17)8-12/h3-5,8,11,15,18H,2,6-7,9-10H2,1H3. The molecule has 5 heteroatoms. The first-order chi connectivity index (χ1) is 10.3. The zero-order chi connectivity index (χ0) is 14.7. The summed E-state index contributed by atoms with van der Waals surface area (Å²) in [5, 5.41) is 6.73. The van der Waals surface area contributed by atoms with Gasteiger partial charge in [-0.3, -0.25) is 4.90 Å². The van der Waals surface area contributed by atoms with Crippen LogP contribution in [-0.2, 0) is 13.0 Å². The molecular formula is C16H20FN3S. The van der Waals surface area contributed by atoms with Gasteiger partial charge in [0.25, 0.3) is 0 Å². The molecule has 1 saturated heterocycles. The highest BCUT2D eigenvalue weighted by molar-refractivity contribution is 7.09. The number of rotatable bonds is 4. The summed E-state index contributed by atoms with van der Waals surface area (Å²) >= 11 is 1.72. The summed E-state index contributed by atoms with van der Waals surface area (Å²) in [4.78, 5) is 7.04. The van der Waals surface area contributed by atoms with Gasteiger partial charge in [0.15, 0.2) is 0 Å². The molecule has 21 heavy (non-hydrogen) atoms. The first kappa shape index (κ1) is 14.6. The van der Waals surface area contributed by atoms with Crippen LogP contribution in [0, 0.1) is 5.82 Å². The molecule has 2 heterocycles. The monoisotopic (exact) mass is 305 g/mol. The Morgan fingerprint density at radius 3 is 3.14 bits per heavy atom. The first-order valence-electron chi connectivity index (χ1n) is 7.39. The molecule has 1 atom stereocenters. The van der Waals surface area contributed by atoms with Crippen LogP contribution in [0.5, 0.6) is 0 Å². The normalized spacial score (nSPS) is 19.8. The third-order valence-electron chi connectivity index (χ3n) is 3.85. The number of nitrogens with zero attached hydrogens (tertiary/aromatic N) is 2. The lowest BCUT2D eigenvalue weighted by atomic mass is 10.0. The van der Waals surface area contributed by atoms with Gasteiger partial charge in [0.05, 0.1) is 10.7 Å². The van der Waals surface area contributed by atoms with E-state index in [4.69, 9.17) is 0 Å². The van der Waals surface area contributed by atoms with Crippen LogP contribution in [0.3, 0.4) is 0 Å². The Morgan fingerprint density at radius 2 is 2.38 bits per heavy atom.